The number of nitrogens with two attached hydrogens (primary N) is 1. The molecule has 2 N–H and O–H groups in total. The fourth-order valence-corrected chi connectivity index (χ4v) is 3.18. The monoisotopic (exact) mass is 343 g/mol. The van der Waals surface area contributed by atoms with Crippen LogP contribution in [0.3, 0.4) is 0 Å². The van der Waals surface area contributed by atoms with E-state index in [0.29, 0.717) is 10.5 Å². The third kappa shape index (κ3) is 4.25. The molecule has 20 heavy (non-hydrogen) atoms. The number of hydrogen-bond donors (Lipinski definition) is 1. The molecule has 0 spiro atoms. The third-order valence-electron chi connectivity index (χ3n) is 4.04. The molecular formula is C15H23BrFN3. The SMILES string of the molecule is CN1CCN(C)C(CC(N)Cc2ccc(F)c(Br)c2)C1. The van der Waals surface area contributed by atoms with Crippen LogP contribution in [0, 0.1) is 5.82 Å². The fraction of sp³-hybridized carbons (Fsp3) is 0.600. The quantitative estimate of drug-likeness (QED) is 0.908. The molecule has 3 nitrogen and oxygen atoms in total. The van der Waals surface area contributed by atoms with Crippen LogP contribution >= 0.6 is 15.9 Å². The summed E-state index contributed by atoms with van der Waals surface area (Å²) in [7, 11) is 4.32. The minimum atomic E-state index is -0.226. The Hall–Kier alpha value is -0.490. The maximum Gasteiger partial charge on any atom is 0.137 e. The minimum absolute atomic E-state index is 0.103. The first kappa shape index (κ1) is 15.9. The fourth-order valence-electron chi connectivity index (χ4n) is 2.76. The van der Waals surface area contributed by atoms with Crippen LogP contribution in [-0.4, -0.2) is 55.6 Å². The van der Waals surface area contributed by atoms with Gasteiger partial charge in [-0.3, -0.25) is 0 Å². The molecule has 0 amide bonds. The Morgan fingerprint density at radius 1 is 1.40 bits per heavy atom. The van der Waals surface area contributed by atoms with Crippen molar-refractivity contribution >= 4 is 15.9 Å². The second kappa shape index (κ2) is 6.98. The van der Waals surface area contributed by atoms with Crippen molar-refractivity contribution < 1.29 is 4.39 Å². The molecule has 1 aliphatic rings. The van der Waals surface area contributed by atoms with Gasteiger partial charge in [0, 0.05) is 31.7 Å². The van der Waals surface area contributed by atoms with Crippen LogP contribution in [0.2, 0.25) is 0 Å². The molecule has 1 aromatic carbocycles. The van der Waals surface area contributed by atoms with Gasteiger partial charge in [-0.05, 0) is 60.6 Å². The van der Waals surface area contributed by atoms with Gasteiger partial charge in [0.1, 0.15) is 5.82 Å². The van der Waals surface area contributed by atoms with Crippen molar-refractivity contribution in [3.63, 3.8) is 0 Å². The number of likely N-dealkylation sites (N-methyl/N-ethyl adjacent to an activating group) is 2. The number of nitrogens with zero attached hydrogens (tertiary/aromatic N) is 2. The minimum Gasteiger partial charge on any atom is -0.327 e. The van der Waals surface area contributed by atoms with Crippen LogP contribution in [0.5, 0.6) is 0 Å². The molecule has 0 aromatic heterocycles. The lowest BCUT2D eigenvalue weighted by Gasteiger charge is -2.38. The molecule has 2 atom stereocenters. The van der Waals surface area contributed by atoms with Crippen molar-refractivity contribution in [2.75, 3.05) is 33.7 Å². The van der Waals surface area contributed by atoms with Crippen molar-refractivity contribution in [1.82, 2.24) is 9.80 Å². The first-order chi connectivity index (χ1) is 9.45. The number of piperazine rings is 1. The standard InChI is InChI=1S/C15H23BrFN3/c1-19-5-6-20(2)13(10-19)9-12(18)7-11-3-4-15(17)14(16)8-11/h3-4,8,12-13H,5-7,9-10,18H2,1-2H3. The Morgan fingerprint density at radius 2 is 2.15 bits per heavy atom. The zero-order valence-corrected chi connectivity index (χ0v) is 13.7. The lowest BCUT2D eigenvalue weighted by atomic mass is 9.98. The van der Waals surface area contributed by atoms with Gasteiger partial charge in [-0.1, -0.05) is 6.07 Å². The second-order valence-electron chi connectivity index (χ2n) is 5.85. The lowest BCUT2D eigenvalue weighted by Crippen LogP contribution is -2.51. The van der Waals surface area contributed by atoms with Gasteiger partial charge in [0.05, 0.1) is 4.47 Å². The van der Waals surface area contributed by atoms with E-state index >= 15 is 0 Å². The van der Waals surface area contributed by atoms with Crippen molar-refractivity contribution in [3.8, 4) is 0 Å². The van der Waals surface area contributed by atoms with Crippen molar-refractivity contribution in [3.05, 3.63) is 34.1 Å². The normalized spacial score (nSPS) is 22.9. The van der Waals surface area contributed by atoms with E-state index in [-0.39, 0.29) is 11.9 Å². The van der Waals surface area contributed by atoms with Gasteiger partial charge >= 0.3 is 0 Å². The molecule has 0 bridgehead atoms. The summed E-state index contributed by atoms with van der Waals surface area (Å²) in [4.78, 5) is 4.74. The molecule has 1 aliphatic heterocycles. The molecule has 0 aliphatic carbocycles. The predicted molar refractivity (Wildman–Crippen MR) is 84.3 cm³/mol. The molecule has 1 fully saturated rings. The summed E-state index contributed by atoms with van der Waals surface area (Å²) >= 11 is 3.22. The topological polar surface area (TPSA) is 32.5 Å². The second-order valence-corrected chi connectivity index (χ2v) is 6.70. The molecule has 0 saturated carbocycles. The van der Waals surface area contributed by atoms with Crippen LogP contribution in [-0.2, 0) is 6.42 Å². The summed E-state index contributed by atoms with van der Waals surface area (Å²) in [6.07, 6.45) is 1.75. The highest BCUT2D eigenvalue weighted by Crippen LogP contribution is 2.19. The maximum absolute atomic E-state index is 13.2. The van der Waals surface area contributed by atoms with Crippen LogP contribution < -0.4 is 5.73 Å². The van der Waals surface area contributed by atoms with Gasteiger partial charge in [0.2, 0.25) is 0 Å². The summed E-state index contributed by atoms with van der Waals surface area (Å²) in [6, 6.07) is 5.74. The summed E-state index contributed by atoms with van der Waals surface area (Å²) in [5, 5.41) is 0. The first-order valence-corrected chi connectivity index (χ1v) is 7.83. The van der Waals surface area contributed by atoms with Gasteiger partial charge in [-0.15, -0.1) is 0 Å². The van der Waals surface area contributed by atoms with Gasteiger partial charge in [0.25, 0.3) is 0 Å². The average molecular weight is 344 g/mol. The number of hydrogen-bond acceptors (Lipinski definition) is 3. The van der Waals surface area contributed by atoms with E-state index in [1.807, 2.05) is 12.1 Å². The lowest BCUT2D eigenvalue weighted by molar-refractivity contribution is 0.104. The van der Waals surface area contributed by atoms with Crippen LogP contribution in [0.1, 0.15) is 12.0 Å². The number of benzene rings is 1. The van der Waals surface area contributed by atoms with Crippen LogP contribution in [0.25, 0.3) is 0 Å². The Labute approximate surface area is 129 Å². The molecular weight excluding hydrogens is 321 g/mol. The zero-order valence-electron chi connectivity index (χ0n) is 12.1. The third-order valence-corrected chi connectivity index (χ3v) is 4.64. The van der Waals surface area contributed by atoms with E-state index in [9.17, 15) is 4.39 Å². The van der Waals surface area contributed by atoms with E-state index in [1.165, 1.54) is 6.07 Å². The molecule has 112 valence electrons. The Bertz CT molecular complexity index is 455. The number of halogens is 2. The highest BCUT2D eigenvalue weighted by Gasteiger charge is 2.24. The highest BCUT2D eigenvalue weighted by atomic mass is 79.9. The summed E-state index contributed by atoms with van der Waals surface area (Å²) in [6.45, 7) is 3.28. The summed E-state index contributed by atoms with van der Waals surface area (Å²) in [5.41, 5.74) is 7.36. The smallest absolute Gasteiger partial charge is 0.137 e. The van der Waals surface area contributed by atoms with Gasteiger partial charge in [-0.25, -0.2) is 4.39 Å². The summed E-state index contributed by atoms with van der Waals surface area (Å²) < 4.78 is 13.7. The molecule has 0 radical (unpaired) electrons. The zero-order chi connectivity index (χ0) is 14.7. The molecule has 1 aromatic rings. The van der Waals surface area contributed by atoms with Gasteiger partial charge < -0.3 is 15.5 Å². The Balaban J connectivity index is 1.91. The van der Waals surface area contributed by atoms with E-state index in [0.717, 1.165) is 38.0 Å². The Morgan fingerprint density at radius 3 is 2.85 bits per heavy atom. The predicted octanol–water partition coefficient (Wildman–Crippen LogP) is 2.09. The molecule has 5 heteroatoms. The highest BCUT2D eigenvalue weighted by molar-refractivity contribution is 9.10. The Kier molecular flexibility index (Phi) is 5.55. The van der Waals surface area contributed by atoms with Gasteiger partial charge in [-0.2, -0.15) is 0 Å². The van der Waals surface area contributed by atoms with E-state index < -0.39 is 0 Å². The van der Waals surface area contributed by atoms with Crippen molar-refractivity contribution in [1.29, 1.82) is 0 Å². The largest absolute Gasteiger partial charge is 0.327 e. The van der Waals surface area contributed by atoms with Gasteiger partial charge in [0.15, 0.2) is 0 Å². The van der Waals surface area contributed by atoms with E-state index in [2.05, 4.69) is 39.8 Å². The molecule has 2 unspecified atom stereocenters. The average Bonchev–Trinajstić information content (AvgIpc) is 2.38. The maximum atomic E-state index is 13.2. The van der Waals surface area contributed by atoms with Crippen molar-refractivity contribution in [2.24, 2.45) is 5.73 Å². The molecule has 1 heterocycles. The van der Waals surface area contributed by atoms with Crippen LogP contribution in [0.15, 0.2) is 22.7 Å². The first-order valence-electron chi connectivity index (χ1n) is 7.04. The van der Waals surface area contributed by atoms with Crippen LogP contribution in [0.4, 0.5) is 4.39 Å². The summed E-state index contributed by atoms with van der Waals surface area (Å²) in [5.74, 6) is -0.226. The number of rotatable bonds is 4. The van der Waals surface area contributed by atoms with E-state index in [4.69, 9.17) is 5.73 Å². The van der Waals surface area contributed by atoms with E-state index in [1.54, 1.807) is 0 Å². The molecule has 2 rings (SSSR count). The van der Waals surface area contributed by atoms with Crippen molar-refractivity contribution in [2.45, 2.75) is 24.9 Å². The molecule has 1 saturated heterocycles.